The molecular formula is C35H42. The van der Waals surface area contributed by atoms with E-state index in [0.29, 0.717) is 11.3 Å². The average molecular weight is 463 g/mol. The summed E-state index contributed by atoms with van der Waals surface area (Å²) in [5.41, 5.74) is 15.4. The minimum Gasteiger partial charge on any atom is -0.0992 e. The van der Waals surface area contributed by atoms with Crippen molar-refractivity contribution in [2.24, 2.45) is 17.3 Å². The number of hydrogen-bond acceptors (Lipinski definition) is 0. The first-order chi connectivity index (χ1) is 16.9. The van der Waals surface area contributed by atoms with Crippen LogP contribution >= 0.6 is 0 Å². The molecule has 0 amide bonds. The molecule has 0 bridgehead atoms. The Kier molecular flexibility index (Phi) is 5.90. The summed E-state index contributed by atoms with van der Waals surface area (Å²) in [6.07, 6.45) is 18.2. The molecule has 1 atom stereocenters. The van der Waals surface area contributed by atoms with Gasteiger partial charge in [0.1, 0.15) is 0 Å². The van der Waals surface area contributed by atoms with E-state index in [0.717, 1.165) is 18.8 Å². The maximum Gasteiger partial charge on any atom is 0.00449 e. The van der Waals surface area contributed by atoms with E-state index in [2.05, 4.69) is 63.4 Å². The highest BCUT2D eigenvalue weighted by Gasteiger charge is 2.48. The molecule has 182 valence electrons. The molecular weight excluding hydrogens is 420 g/mol. The smallest absolute Gasteiger partial charge is 0.00449 e. The summed E-state index contributed by atoms with van der Waals surface area (Å²) in [6, 6.07) is 11.9. The van der Waals surface area contributed by atoms with Gasteiger partial charge in [-0.2, -0.15) is 0 Å². The SMILES string of the molecule is C=C1CC2(CCC2)C(=C)C1CC1=Cc2cccc(-c3cc(C)cc(C)c3CC3CCCCC3)c2C1. The molecule has 35 heavy (non-hydrogen) atoms. The standard InChI is InChI=1S/C35H42/c1-23-16-24(2)32(19-27-10-6-5-7-11-27)34(17-23)30-13-8-12-29-18-28(21-33(29)30)20-31-25(3)22-35(26(31)4)14-9-15-35/h8,12-13,16-18,27,31H,3-7,9-11,14-15,19-22H2,1-2H3. The Bertz CT molecular complexity index is 1210. The molecule has 0 aromatic heterocycles. The third-order valence-corrected chi connectivity index (χ3v) is 10.0. The topological polar surface area (TPSA) is 0 Å². The zero-order valence-electron chi connectivity index (χ0n) is 22.0. The number of fused-ring (bicyclic) bond motifs is 1. The fraction of sp³-hybridized carbons (Fsp3) is 0.486. The van der Waals surface area contributed by atoms with Gasteiger partial charge in [0.25, 0.3) is 0 Å². The summed E-state index contributed by atoms with van der Waals surface area (Å²) < 4.78 is 0. The number of allylic oxidation sites excluding steroid dienone is 3. The van der Waals surface area contributed by atoms with Crippen LogP contribution in [0.15, 0.2) is 60.2 Å². The fourth-order valence-corrected chi connectivity index (χ4v) is 7.93. The lowest BCUT2D eigenvalue weighted by Gasteiger charge is -2.40. The number of aryl methyl sites for hydroxylation is 2. The summed E-state index contributed by atoms with van der Waals surface area (Å²) in [7, 11) is 0. The highest BCUT2D eigenvalue weighted by molar-refractivity contribution is 5.80. The van der Waals surface area contributed by atoms with Crippen LogP contribution in [0.25, 0.3) is 17.2 Å². The van der Waals surface area contributed by atoms with Crippen molar-refractivity contribution in [1.82, 2.24) is 0 Å². The van der Waals surface area contributed by atoms with E-state index in [1.807, 2.05) is 0 Å². The van der Waals surface area contributed by atoms with Crippen LogP contribution in [0.4, 0.5) is 0 Å². The van der Waals surface area contributed by atoms with E-state index in [1.54, 1.807) is 16.7 Å². The van der Waals surface area contributed by atoms with E-state index in [-0.39, 0.29) is 0 Å². The van der Waals surface area contributed by atoms with E-state index in [1.165, 1.54) is 103 Å². The molecule has 3 fully saturated rings. The molecule has 6 rings (SSSR count). The van der Waals surface area contributed by atoms with Crippen molar-refractivity contribution >= 4 is 6.08 Å². The van der Waals surface area contributed by atoms with Crippen molar-refractivity contribution in [2.45, 2.75) is 90.9 Å². The molecule has 1 unspecified atom stereocenters. The normalized spacial score (nSPS) is 23.5. The molecule has 0 N–H and O–H groups in total. The van der Waals surface area contributed by atoms with Crippen LogP contribution in [-0.2, 0) is 12.8 Å². The number of benzene rings is 2. The van der Waals surface area contributed by atoms with Gasteiger partial charge < -0.3 is 0 Å². The minimum absolute atomic E-state index is 0.409. The largest absolute Gasteiger partial charge is 0.0992 e. The first kappa shape index (κ1) is 23.1. The zero-order valence-corrected chi connectivity index (χ0v) is 22.0. The lowest BCUT2D eigenvalue weighted by molar-refractivity contribution is 0.200. The second kappa shape index (κ2) is 8.95. The van der Waals surface area contributed by atoms with Crippen LogP contribution in [-0.4, -0.2) is 0 Å². The van der Waals surface area contributed by atoms with Gasteiger partial charge in [-0.15, -0.1) is 0 Å². The van der Waals surface area contributed by atoms with Gasteiger partial charge in [-0.1, -0.05) is 110 Å². The quantitative estimate of drug-likeness (QED) is 0.388. The van der Waals surface area contributed by atoms with Crippen molar-refractivity contribution in [3.8, 4) is 11.1 Å². The van der Waals surface area contributed by atoms with Gasteiger partial charge in [0.2, 0.25) is 0 Å². The summed E-state index contributed by atoms with van der Waals surface area (Å²) in [6.45, 7) is 13.7. The zero-order chi connectivity index (χ0) is 24.2. The fourth-order valence-electron chi connectivity index (χ4n) is 7.93. The van der Waals surface area contributed by atoms with Gasteiger partial charge in [-0.05, 0) is 97.1 Å². The van der Waals surface area contributed by atoms with Gasteiger partial charge in [-0.25, -0.2) is 0 Å². The van der Waals surface area contributed by atoms with Crippen molar-refractivity contribution in [3.05, 3.63) is 88.0 Å². The molecule has 0 saturated heterocycles. The first-order valence-corrected chi connectivity index (χ1v) is 14.2. The third kappa shape index (κ3) is 4.08. The van der Waals surface area contributed by atoms with Crippen molar-refractivity contribution in [1.29, 1.82) is 0 Å². The lowest BCUT2D eigenvalue weighted by atomic mass is 9.65. The van der Waals surface area contributed by atoms with Crippen molar-refractivity contribution in [3.63, 3.8) is 0 Å². The van der Waals surface area contributed by atoms with Crippen LogP contribution < -0.4 is 0 Å². The second-order valence-corrected chi connectivity index (χ2v) is 12.4. The molecule has 0 heteroatoms. The predicted octanol–water partition coefficient (Wildman–Crippen LogP) is 9.73. The molecule has 3 saturated carbocycles. The minimum atomic E-state index is 0.409. The Morgan fingerprint density at radius 3 is 2.43 bits per heavy atom. The van der Waals surface area contributed by atoms with Gasteiger partial charge >= 0.3 is 0 Å². The second-order valence-electron chi connectivity index (χ2n) is 12.4. The molecule has 2 aromatic carbocycles. The summed E-state index contributed by atoms with van der Waals surface area (Å²) in [4.78, 5) is 0. The van der Waals surface area contributed by atoms with Crippen molar-refractivity contribution in [2.75, 3.05) is 0 Å². The van der Waals surface area contributed by atoms with Crippen LogP contribution in [0.1, 0.15) is 92.0 Å². The van der Waals surface area contributed by atoms with E-state index >= 15 is 0 Å². The van der Waals surface area contributed by atoms with Crippen molar-refractivity contribution < 1.29 is 0 Å². The van der Waals surface area contributed by atoms with E-state index in [9.17, 15) is 0 Å². The summed E-state index contributed by atoms with van der Waals surface area (Å²) in [5, 5.41) is 0. The summed E-state index contributed by atoms with van der Waals surface area (Å²) in [5.74, 6) is 1.34. The van der Waals surface area contributed by atoms with E-state index in [4.69, 9.17) is 0 Å². The van der Waals surface area contributed by atoms with Crippen LogP contribution in [0, 0.1) is 31.1 Å². The molecule has 4 aliphatic carbocycles. The third-order valence-electron chi connectivity index (χ3n) is 10.0. The lowest BCUT2D eigenvalue weighted by Crippen LogP contribution is -2.28. The molecule has 0 radical (unpaired) electrons. The van der Waals surface area contributed by atoms with Gasteiger partial charge in [-0.3, -0.25) is 0 Å². The van der Waals surface area contributed by atoms with Gasteiger partial charge in [0.15, 0.2) is 0 Å². The van der Waals surface area contributed by atoms with Gasteiger partial charge in [0, 0.05) is 5.92 Å². The molecule has 2 aromatic rings. The molecule has 1 spiro atoms. The molecule has 0 heterocycles. The van der Waals surface area contributed by atoms with E-state index < -0.39 is 0 Å². The molecule has 4 aliphatic rings. The maximum absolute atomic E-state index is 4.62. The van der Waals surface area contributed by atoms with Crippen LogP contribution in [0.5, 0.6) is 0 Å². The first-order valence-electron chi connectivity index (χ1n) is 14.2. The highest BCUT2D eigenvalue weighted by Crippen LogP contribution is 2.61. The maximum atomic E-state index is 4.62. The van der Waals surface area contributed by atoms with Gasteiger partial charge in [0.05, 0.1) is 0 Å². The highest BCUT2D eigenvalue weighted by atomic mass is 14.5. The Balaban J connectivity index is 1.29. The summed E-state index contributed by atoms with van der Waals surface area (Å²) >= 11 is 0. The molecule has 0 nitrogen and oxygen atoms in total. The Hall–Kier alpha value is -2.34. The monoisotopic (exact) mass is 462 g/mol. The Morgan fingerprint density at radius 1 is 0.914 bits per heavy atom. The molecule has 0 aliphatic heterocycles. The average Bonchev–Trinajstić information content (AvgIpc) is 3.35. The number of hydrogen-bond donors (Lipinski definition) is 0. The predicted molar refractivity (Wildman–Crippen MR) is 151 cm³/mol. The Morgan fingerprint density at radius 2 is 1.71 bits per heavy atom. The van der Waals surface area contributed by atoms with Crippen LogP contribution in [0.2, 0.25) is 0 Å². The Labute approximate surface area is 213 Å². The van der Waals surface area contributed by atoms with Crippen LogP contribution in [0.3, 0.4) is 0 Å². The number of rotatable bonds is 5.